The van der Waals surface area contributed by atoms with Crippen LogP contribution in [0.5, 0.6) is 5.75 Å². The Hall–Kier alpha value is -3.48. The summed E-state index contributed by atoms with van der Waals surface area (Å²) in [5, 5.41) is 18.2. The van der Waals surface area contributed by atoms with Gasteiger partial charge >= 0.3 is 12.0 Å². The minimum atomic E-state index is -3.37. The second-order valence-corrected chi connectivity index (χ2v) is 6.01. The van der Waals surface area contributed by atoms with E-state index >= 15 is 0 Å². The molecule has 0 saturated carbocycles. The molecule has 140 valence electrons. The summed E-state index contributed by atoms with van der Waals surface area (Å²) in [6.07, 6.45) is -1.84. The van der Waals surface area contributed by atoms with Crippen LogP contribution in [0, 0.1) is 11.3 Å². The van der Waals surface area contributed by atoms with Gasteiger partial charge in [0.2, 0.25) is 0 Å². The molecule has 1 amide bonds. The van der Waals surface area contributed by atoms with Gasteiger partial charge in [0.15, 0.2) is 6.10 Å². The van der Waals surface area contributed by atoms with Crippen LogP contribution in [0.1, 0.15) is 12.0 Å². The molecule has 1 aromatic carbocycles. The van der Waals surface area contributed by atoms with Crippen LogP contribution in [-0.4, -0.2) is 51.2 Å². The van der Waals surface area contributed by atoms with Gasteiger partial charge in [-0.1, -0.05) is 0 Å². The van der Waals surface area contributed by atoms with Gasteiger partial charge in [-0.2, -0.15) is 5.26 Å². The third-order valence-corrected chi connectivity index (χ3v) is 4.16. The van der Waals surface area contributed by atoms with Crippen LogP contribution in [0.4, 0.5) is 19.4 Å². The average molecular weight is 375 g/mol. The Bertz CT molecular complexity index is 916. The first-order chi connectivity index (χ1) is 12.8. The maximum absolute atomic E-state index is 14.2. The predicted molar refractivity (Wildman–Crippen MR) is 90.2 cm³/mol. The Morgan fingerprint density at radius 2 is 2.19 bits per heavy atom. The van der Waals surface area contributed by atoms with E-state index in [1.807, 2.05) is 6.07 Å². The zero-order valence-corrected chi connectivity index (χ0v) is 14.0. The van der Waals surface area contributed by atoms with Crippen molar-refractivity contribution in [1.82, 2.24) is 14.9 Å². The fraction of sp³-hybridized carbons (Fsp3) is 0.294. The molecule has 27 heavy (non-hydrogen) atoms. The number of nitrogens with two attached hydrogens (primary N) is 1. The maximum atomic E-state index is 14.2. The lowest BCUT2D eigenvalue weighted by molar-refractivity contribution is -0.133. The fourth-order valence-electron chi connectivity index (χ4n) is 2.79. The molecule has 1 aliphatic heterocycles. The van der Waals surface area contributed by atoms with Crippen LogP contribution in [-0.2, 0) is 0 Å². The first-order valence-electron chi connectivity index (χ1n) is 7.94. The molecule has 10 heteroatoms. The van der Waals surface area contributed by atoms with E-state index in [0.29, 0.717) is 16.2 Å². The Kier molecular flexibility index (Phi) is 4.77. The molecule has 1 saturated heterocycles. The quantitative estimate of drug-likeness (QED) is 0.843. The van der Waals surface area contributed by atoms with E-state index in [1.54, 1.807) is 6.07 Å². The van der Waals surface area contributed by atoms with E-state index in [-0.39, 0.29) is 30.1 Å². The molecule has 0 aliphatic carbocycles. The van der Waals surface area contributed by atoms with E-state index in [0.717, 1.165) is 0 Å². The van der Waals surface area contributed by atoms with E-state index < -0.39 is 24.7 Å². The number of rotatable bonds is 3. The van der Waals surface area contributed by atoms with Crippen molar-refractivity contribution in [3.8, 4) is 23.1 Å². The lowest BCUT2D eigenvalue weighted by atomic mass is 10.0. The van der Waals surface area contributed by atoms with Crippen LogP contribution in [0.15, 0.2) is 30.6 Å². The normalized spacial score (nSPS) is 18.6. The molecular formula is C17H15F2N5O3. The number of alkyl halides is 2. The SMILES string of the molecule is N#Cc1cc(-c2cc(N)ncn2)ccc1OC1CCN(C(=O)O)CC1(F)F. The summed E-state index contributed by atoms with van der Waals surface area (Å²) >= 11 is 0. The van der Waals surface area contributed by atoms with Gasteiger partial charge in [-0.05, 0) is 18.2 Å². The van der Waals surface area contributed by atoms with E-state index in [2.05, 4.69) is 9.97 Å². The standard InChI is InChI=1S/C17H15F2N5O3/c18-17(19)8-24(16(25)26)4-3-14(17)27-13-2-1-10(5-11(13)7-20)12-6-15(21)23-9-22-12/h1-2,5-6,9,14H,3-4,8H2,(H,25,26)(H2,21,22,23). The van der Waals surface area contributed by atoms with Crippen molar-refractivity contribution in [2.45, 2.75) is 18.4 Å². The fourth-order valence-corrected chi connectivity index (χ4v) is 2.79. The predicted octanol–water partition coefficient (Wildman–Crippen LogP) is 2.36. The monoisotopic (exact) mass is 375 g/mol. The molecule has 8 nitrogen and oxygen atoms in total. The number of halogens is 2. The Labute approximate surface area is 152 Å². The Morgan fingerprint density at radius 3 is 2.81 bits per heavy atom. The van der Waals surface area contributed by atoms with Crippen LogP contribution in [0.2, 0.25) is 0 Å². The van der Waals surface area contributed by atoms with Crippen molar-refractivity contribution in [2.24, 2.45) is 0 Å². The van der Waals surface area contributed by atoms with Gasteiger partial charge in [-0.25, -0.2) is 23.5 Å². The number of nitrogens with zero attached hydrogens (tertiary/aromatic N) is 4. The molecule has 0 spiro atoms. The van der Waals surface area contributed by atoms with E-state index in [1.165, 1.54) is 24.5 Å². The summed E-state index contributed by atoms with van der Waals surface area (Å²) in [6.45, 7) is -1.02. The summed E-state index contributed by atoms with van der Waals surface area (Å²) < 4.78 is 33.9. The second-order valence-electron chi connectivity index (χ2n) is 6.01. The number of carbonyl (C=O) groups is 1. The first-order valence-corrected chi connectivity index (χ1v) is 7.94. The number of amides is 1. The molecule has 0 bridgehead atoms. The summed E-state index contributed by atoms with van der Waals surface area (Å²) in [5.74, 6) is -3.12. The summed E-state index contributed by atoms with van der Waals surface area (Å²) in [6, 6.07) is 7.88. The molecular weight excluding hydrogens is 360 g/mol. The highest BCUT2D eigenvalue weighted by molar-refractivity contribution is 5.66. The minimum Gasteiger partial charge on any atom is -0.483 e. The summed E-state index contributed by atoms with van der Waals surface area (Å²) in [7, 11) is 0. The number of aromatic nitrogens is 2. The molecule has 1 atom stereocenters. The van der Waals surface area contributed by atoms with Gasteiger partial charge in [0.1, 0.15) is 24.0 Å². The Morgan fingerprint density at radius 1 is 1.41 bits per heavy atom. The van der Waals surface area contributed by atoms with E-state index in [4.69, 9.17) is 15.6 Å². The highest BCUT2D eigenvalue weighted by Crippen LogP contribution is 2.33. The van der Waals surface area contributed by atoms with E-state index in [9.17, 15) is 18.8 Å². The van der Waals surface area contributed by atoms with Crippen LogP contribution < -0.4 is 10.5 Å². The lowest BCUT2D eigenvalue weighted by Crippen LogP contribution is -2.55. The number of ether oxygens (including phenoxy) is 1. The molecule has 2 heterocycles. The smallest absolute Gasteiger partial charge is 0.407 e. The van der Waals surface area contributed by atoms with Gasteiger partial charge in [0.25, 0.3) is 0 Å². The van der Waals surface area contributed by atoms with Gasteiger partial charge in [0.05, 0.1) is 17.8 Å². The van der Waals surface area contributed by atoms with Crippen molar-refractivity contribution in [2.75, 3.05) is 18.8 Å². The molecule has 1 aliphatic rings. The van der Waals surface area contributed by atoms with Gasteiger partial charge in [0, 0.05) is 24.6 Å². The van der Waals surface area contributed by atoms with Gasteiger partial charge in [-0.15, -0.1) is 0 Å². The number of piperidine rings is 1. The van der Waals surface area contributed by atoms with Crippen molar-refractivity contribution >= 4 is 11.9 Å². The number of anilines is 1. The Balaban J connectivity index is 1.83. The molecule has 1 aromatic heterocycles. The molecule has 1 fully saturated rings. The van der Waals surface area contributed by atoms with Crippen LogP contribution in [0.3, 0.4) is 0 Å². The highest BCUT2D eigenvalue weighted by atomic mass is 19.3. The average Bonchev–Trinajstić information content (AvgIpc) is 2.63. The largest absolute Gasteiger partial charge is 0.483 e. The molecule has 3 N–H and O–H groups in total. The number of benzene rings is 1. The summed E-state index contributed by atoms with van der Waals surface area (Å²) in [5.41, 5.74) is 6.70. The van der Waals surface area contributed by atoms with Crippen LogP contribution >= 0.6 is 0 Å². The zero-order chi connectivity index (χ0) is 19.6. The summed E-state index contributed by atoms with van der Waals surface area (Å²) in [4.78, 5) is 19.4. The topological polar surface area (TPSA) is 125 Å². The van der Waals surface area contributed by atoms with Gasteiger partial charge in [-0.3, -0.25) is 0 Å². The third kappa shape index (κ3) is 3.87. The number of nitriles is 1. The molecule has 3 rings (SSSR count). The number of likely N-dealkylation sites (tertiary alicyclic amines) is 1. The third-order valence-electron chi connectivity index (χ3n) is 4.16. The molecule has 1 unspecified atom stereocenters. The number of hydrogen-bond acceptors (Lipinski definition) is 6. The molecule has 0 radical (unpaired) electrons. The number of carboxylic acid groups (broad SMARTS) is 1. The maximum Gasteiger partial charge on any atom is 0.407 e. The van der Waals surface area contributed by atoms with Gasteiger partial charge < -0.3 is 20.5 Å². The zero-order valence-electron chi connectivity index (χ0n) is 14.0. The molecule has 2 aromatic rings. The second kappa shape index (κ2) is 7.03. The van der Waals surface area contributed by atoms with Crippen molar-refractivity contribution < 1.29 is 23.4 Å². The highest BCUT2D eigenvalue weighted by Gasteiger charge is 2.48. The lowest BCUT2D eigenvalue weighted by Gasteiger charge is -2.36. The number of hydrogen-bond donors (Lipinski definition) is 2. The minimum absolute atomic E-state index is 0.00303. The first kappa shape index (κ1) is 18.3. The van der Waals surface area contributed by atoms with Crippen molar-refractivity contribution in [1.29, 1.82) is 5.26 Å². The number of nitrogen functional groups attached to an aromatic ring is 1. The van der Waals surface area contributed by atoms with Crippen molar-refractivity contribution in [3.63, 3.8) is 0 Å². The van der Waals surface area contributed by atoms with Crippen LogP contribution in [0.25, 0.3) is 11.3 Å². The van der Waals surface area contributed by atoms with Crippen molar-refractivity contribution in [3.05, 3.63) is 36.2 Å².